The summed E-state index contributed by atoms with van der Waals surface area (Å²) in [6.07, 6.45) is 1.58. The van der Waals surface area contributed by atoms with Gasteiger partial charge < -0.3 is 18.9 Å². The van der Waals surface area contributed by atoms with Crippen molar-refractivity contribution in [1.29, 1.82) is 0 Å². The summed E-state index contributed by atoms with van der Waals surface area (Å²) in [5.74, 6) is 1.91. The van der Waals surface area contributed by atoms with Crippen molar-refractivity contribution in [3.8, 4) is 23.0 Å². The number of ketones is 1. The maximum Gasteiger partial charge on any atom is 0.211 e. The minimum Gasteiger partial charge on any atom is -0.497 e. The Balaban J connectivity index is 0.00000136. The summed E-state index contributed by atoms with van der Waals surface area (Å²) in [5, 5.41) is 1.35. The number of benzene rings is 2. The predicted octanol–water partition coefficient (Wildman–Crippen LogP) is 4.55. The third-order valence-electron chi connectivity index (χ3n) is 4.14. The van der Waals surface area contributed by atoms with Crippen molar-refractivity contribution in [1.82, 2.24) is 4.98 Å². The van der Waals surface area contributed by atoms with Crippen LogP contribution >= 0.6 is 22.6 Å². The van der Waals surface area contributed by atoms with Crippen LogP contribution in [0, 0.1) is 0 Å². The zero-order valence-electron chi connectivity index (χ0n) is 16.4. The lowest BCUT2D eigenvalue weighted by Crippen LogP contribution is -2.06. The van der Waals surface area contributed by atoms with Gasteiger partial charge in [0.2, 0.25) is 11.5 Å². The lowest BCUT2D eigenvalue weighted by Gasteiger charge is -2.16. The van der Waals surface area contributed by atoms with Crippen LogP contribution in [0.15, 0.2) is 42.6 Å². The standard InChI is InChI=1S/C20H19NO5.CH3I/c1-23-13-7-5-12(6-8-13)18(22)17-15-11-16(24-2)20(26-4)19(25-3)14(15)9-10-21-17;1-2/h5-11H,1-4H3;1H3. The van der Waals surface area contributed by atoms with E-state index in [2.05, 4.69) is 27.6 Å². The molecule has 0 bridgehead atoms. The third kappa shape index (κ3) is 4.14. The summed E-state index contributed by atoms with van der Waals surface area (Å²) in [4.78, 5) is 19.3. The van der Waals surface area contributed by atoms with Gasteiger partial charge in [0.25, 0.3) is 0 Å². The first kappa shape index (κ1) is 21.7. The first-order valence-corrected chi connectivity index (χ1v) is 10.4. The number of halogens is 1. The lowest BCUT2D eigenvalue weighted by atomic mass is 10.0. The molecule has 0 saturated carbocycles. The van der Waals surface area contributed by atoms with Crippen molar-refractivity contribution in [2.75, 3.05) is 33.4 Å². The van der Waals surface area contributed by atoms with Crippen LogP contribution in [-0.2, 0) is 0 Å². The van der Waals surface area contributed by atoms with Gasteiger partial charge in [0, 0.05) is 22.5 Å². The number of nitrogens with zero attached hydrogens (tertiary/aromatic N) is 1. The fraction of sp³-hybridized carbons (Fsp3) is 0.238. The zero-order chi connectivity index (χ0) is 20.7. The monoisotopic (exact) mass is 495 g/mol. The molecular formula is C21H22INO5. The second-order valence-electron chi connectivity index (χ2n) is 5.46. The second-order valence-corrected chi connectivity index (χ2v) is 5.46. The predicted molar refractivity (Wildman–Crippen MR) is 118 cm³/mol. The number of rotatable bonds is 6. The molecule has 0 N–H and O–H groups in total. The molecule has 28 heavy (non-hydrogen) atoms. The Labute approximate surface area is 177 Å². The minimum absolute atomic E-state index is 0.201. The quantitative estimate of drug-likeness (QED) is 0.284. The van der Waals surface area contributed by atoms with E-state index >= 15 is 0 Å². The van der Waals surface area contributed by atoms with Gasteiger partial charge in [0.15, 0.2) is 11.5 Å². The Hall–Kier alpha value is -2.55. The molecule has 0 radical (unpaired) electrons. The van der Waals surface area contributed by atoms with E-state index < -0.39 is 0 Å². The zero-order valence-corrected chi connectivity index (χ0v) is 18.6. The Morgan fingerprint density at radius 1 is 0.821 bits per heavy atom. The maximum atomic E-state index is 13.0. The van der Waals surface area contributed by atoms with Crippen LogP contribution in [0.4, 0.5) is 0 Å². The Morgan fingerprint density at radius 3 is 2.00 bits per heavy atom. The van der Waals surface area contributed by atoms with Crippen molar-refractivity contribution < 1.29 is 23.7 Å². The molecule has 1 aromatic heterocycles. The van der Waals surface area contributed by atoms with E-state index in [4.69, 9.17) is 18.9 Å². The van der Waals surface area contributed by atoms with Crippen molar-refractivity contribution in [3.05, 3.63) is 53.9 Å². The molecule has 0 spiro atoms. The highest BCUT2D eigenvalue weighted by Gasteiger charge is 2.21. The second kappa shape index (κ2) is 10.1. The van der Waals surface area contributed by atoms with Crippen LogP contribution in [0.25, 0.3) is 10.8 Å². The molecule has 3 aromatic rings. The molecule has 7 heteroatoms. The van der Waals surface area contributed by atoms with Gasteiger partial charge in [-0.2, -0.15) is 0 Å². The number of methoxy groups -OCH3 is 4. The lowest BCUT2D eigenvalue weighted by molar-refractivity contribution is 0.103. The average molecular weight is 495 g/mol. The molecule has 0 fully saturated rings. The first-order valence-electron chi connectivity index (χ1n) is 8.28. The highest BCUT2D eigenvalue weighted by molar-refractivity contribution is 14.1. The highest BCUT2D eigenvalue weighted by Crippen LogP contribution is 2.44. The number of hydrogen-bond acceptors (Lipinski definition) is 6. The van der Waals surface area contributed by atoms with Crippen LogP contribution in [-0.4, -0.2) is 44.1 Å². The van der Waals surface area contributed by atoms with Crippen molar-refractivity contribution in [2.24, 2.45) is 0 Å². The van der Waals surface area contributed by atoms with Gasteiger partial charge in [-0.1, -0.05) is 22.6 Å². The number of pyridine rings is 1. The number of fused-ring (bicyclic) bond motifs is 1. The summed E-state index contributed by atoms with van der Waals surface area (Å²) in [5.41, 5.74) is 0.825. The van der Waals surface area contributed by atoms with Crippen molar-refractivity contribution in [3.63, 3.8) is 0 Å². The summed E-state index contributed by atoms with van der Waals surface area (Å²) in [6, 6.07) is 10.4. The molecule has 0 atom stereocenters. The van der Waals surface area contributed by atoms with E-state index in [1.54, 1.807) is 56.8 Å². The highest BCUT2D eigenvalue weighted by atomic mass is 127. The van der Waals surface area contributed by atoms with E-state index in [1.807, 2.05) is 4.93 Å². The number of carbonyl (C=O) groups is 1. The van der Waals surface area contributed by atoms with Gasteiger partial charge in [-0.05, 0) is 41.3 Å². The average Bonchev–Trinajstić information content (AvgIpc) is 2.78. The van der Waals surface area contributed by atoms with Gasteiger partial charge >= 0.3 is 0 Å². The fourth-order valence-electron chi connectivity index (χ4n) is 2.86. The molecule has 0 saturated heterocycles. The van der Waals surface area contributed by atoms with Gasteiger partial charge in [-0.25, -0.2) is 0 Å². The molecule has 2 aromatic carbocycles. The topological polar surface area (TPSA) is 66.9 Å². The number of alkyl halides is 1. The Bertz CT molecular complexity index is 957. The van der Waals surface area contributed by atoms with Crippen LogP contribution in [0.2, 0.25) is 0 Å². The Morgan fingerprint density at radius 2 is 1.46 bits per heavy atom. The van der Waals surface area contributed by atoms with E-state index in [0.29, 0.717) is 39.6 Å². The van der Waals surface area contributed by atoms with Crippen LogP contribution < -0.4 is 18.9 Å². The van der Waals surface area contributed by atoms with Crippen LogP contribution in [0.1, 0.15) is 16.1 Å². The van der Waals surface area contributed by atoms with Gasteiger partial charge in [-0.3, -0.25) is 9.78 Å². The molecule has 0 unspecified atom stereocenters. The number of hydrogen-bond donors (Lipinski definition) is 0. The summed E-state index contributed by atoms with van der Waals surface area (Å²) in [7, 11) is 6.19. The molecule has 3 rings (SSSR count). The normalized spacial score (nSPS) is 9.93. The van der Waals surface area contributed by atoms with Gasteiger partial charge in [-0.15, -0.1) is 0 Å². The summed E-state index contributed by atoms with van der Waals surface area (Å²) < 4.78 is 21.4. The SMILES string of the molecule is CI.COc1ccc(C(=O)c2nccc3c(OC)c(OC)c(OC)cc23)cc1. The molecule has 0 amide bonds. The molecule has 1 heterocycles. The molecule has 148 valence electrons. The van der Waals surface area contributed by atoms with Crippen LogP contribution in [0.3, 0.4) is 0 Å². The van der Waals surface area contributed by atoms with E-state index in [9.17, 15) is 4.79 Å². The summed E-state index contributed by atoms with van der Waals surface area (Å²) in [6.45, 7) is 0. The summed E-state index contributed by atoms with van der Waals surface area (Å²) >= 11 is 2.15. The largest absolute Gasteiger partial charge is 0.497 e. The number of carbonyl (C=O) groups excluding carboxylic acids is 1. The molecular weight excluding hydrogens is 473 g/mol. The number of aromatic nitrogens is 1. The molecule has 6 nitrogen and oxygen atoms in total. The van der Waals surface area contributed by atoms with Crippen molar-refractivity contribution in [2.45, 2.75) is 0 Å². The smallest absolute Gasteiger partial charge is 0.211 e. The molecule has 0 aliphatic carbocycles. The van der Waals surface area contributed by atoms with Gasteiger partial charge in [0.1, 0.15) is 11.4 Å². The van der Waals surface area contributed by atoms with Crippen LogP contribution in [0.5, 0.6) is 23.0 Å². The molecule has 0 aliphatic rings. The Kier molecular flexibility index (Phi) is 7.86. The fourth-order valence-corrected chi connectivity index (χ4v) is 2.86. The van der Waals surface area contributed by atoms with Crippen molar-refractivity contribution >= 4 is 39.1 Å². The third-order valence-corrected chi connectivity index (χ3v) is 4.14. The van der Waals surface area contributed by atoms with E-state index in [0.717, 1.165) is 5.39 Å². The first-order chi connectivity index (χ1) is 13.6. The minimum atomic E-state index is -0.201. The van der Waals surface area contributed by atoms with E-state index in [-0.39, 0.29) is 5.78 Å². The number of ether oxygens (including phenoxy) is 4. The maximum absolute atomic E-state index is 13.0. The van der Waals surface area contributed by atoms with Gasteiger partial charge in [0.05, 0.1) is 28.4 Å². The molecule has 0 aliphatic heterocycles. The van der Waals surface area contributed by atoms with E-state index in [1.165, 1.54) is 14.2 Å².